The van der Waals surface area contributed by atoms with Crippen molar-refractivity contribution in [2.45, 2.75) is 13.8 Å². The van der Waals surface area contributed by atoms with E-state index in [1.54, 1.807) is 31.2 Å². The van der Waals surface area contributed by atoms with Gasteiger partial charge in [-0.15, -0.1) is 0 Å². The first kappa shape index (κ1) is 23.1. The molecule has 0 bridgehead atoms. The van der Waals surface area contributed by atoms with Crippen LogP contribution < -0.4 is 16.0 Å². The van der Waals surface area contributed by atoms with Crippen LogP contribution in [0.15, 0.2) is 53.1 Å². The molecule has 0 radical (unpaired) electrons. The number of para-hydroxylation sites is 1. The van der Waals surface area contributed by atoms with Gasteiger partial charge in [0.05, 0.1) is 22.6 Å². The minimum Gasteiger partial charge on any atom is -0.338 e. The summed E-state index contributed by atoms with van der Waals surface area (Å²) in [6.07, 6.45) is 1.47. The summed E-state index contributed by atoms with van der Waals surface area (Å²) in [5, 5.41) is 9.77. The van der Waals surface area contributed by atoms with E-state index in [2.05, 4.69) is 46.8 Å². The Kier molecular flexibility index (Phi) is 6.87. The molecule has 0 aliphatic rings. The van der Waals surface area contributed by atoms with Gasteiger partial charge in [0.2, 0.25) is 0 Å². The van der Waals surface area contributed by atoms with E-state index in [9.17, 15) is 9.18 Å². The fraction of sp³-hybridized carbons (Fsp3) is 0.0909. The molecule has 0 saturated carbocycles. The molecular formula is C22H17BrClFN6OS. The lowest BCUT2D eigenvalue weighted by Crippen LogP contribution is -2.11. The van der Waals surface area contributed by atoms with Crippen LogP contribution in [0.3, 0.4) is 0 Å². The molecule has 4 rings (SSSR count). The normalized spacial score (nSPS) is 10.7. The fourth-order valence-electron chi connectivity index (χ4n) is 2.94. The van der Waals surface area contributed by atoms with Crippen molar-refractivity contribution in [3.05, 3.63) is 80.2 Å². The molecule has 2 heterocycles. The van der Waals surface area contributed by atoms with Gasteiger partial charge in [0.1, 0.15) is 28.2 Å². The molecular weight excluding hydrogens is 531 g/mol. The second-order valence-corrected chi connectivity index (χ2v) is 9.33. The van der Waals surface area contributed by atoms with Crippen LogP contribution in [-0.4, -0.2) is 20.9 Å². The van der Waals surface area contributed by atoms with Gasteiger partial charge in [0.15, 0.2) is 5.13 Å². The van der Waals surface area contributed by atoms with Crippen molar-refractivity contribution in [1.82, 2.24) is 15.0 Å². The minimum atomic E-state index is -0.417. The van der Waals surface area contributed by atoms with Crippen LogP contribution in [0.1, 0.15) is 21.1 Å². The number of rotatable bonds is 6. The number of hydrogen-bond donors (Lipinski definition) is 3. The molecule has 2 aromatic heterocycles. The predicted molar refractivity (Wildman–Crippen MR) is 134 cm³/mol. The summed E-state index contributed by atoms with van der Waals surface area (Å²) in [5.74, 6) is 0.604. The summed E-state index contributed by atoms with van der Waals surface area (Å²) in [6, 6.07) is 11.7. The Morgan fingerprint density at radius 3 is 2.58 bits per heavy atom. The Bertz CT molecular complexity index is 1330. The highest BCUT2D eigenvalue weighted by molar-refractivity contribution is 9.10. The summed E-state index contributed by atoms with van der Waals surface area (Å²) >= 11 is 10.6. The summed E-state index contributed by atoms with van der Waals surface area (Å²) in [4.78, 5) is 25.9. The van der Waals surface area contributed by atoms with E-state index in [4.69, 9.17) is 11.6 Å². The molecule has 0 atom stereocenters. The van der Waals surface area contributed by atoms with Crippen LogP contribution in [0, 0.1) is 19.7 Å². The molecule has 0 aliphatic heterocycles. The van der Waals surface area contributed by atoms with Crippen LogP contribution in [-0.2, 0) is 0 Å². The summed E-state index contributed by atoms with van der Waals surface area (Å²) in [7, 11) is 0. The number of nitrogens with zero attached hydrogens (tertiary/aromatic N) is 3. The number of amides is 1. The van der Waals surface area contributed by atoms with E-state index in [1.807, 2.05) is 19.1 Å². The van der Waals surface area contributed by atoms with Gasteiger partial charge in [0, 0.05) is 10.5 Å². The summed E-state index contributed by atoms with van der Waals surface area (Å²) in [6.45, 7) is 3.59. The zero-order chi connectivity index (χ0) is 23.5. The number of nitrogens with one attached hydrogen (secondary N) is 3. The first-order valence-corrected chi connectivity index (χ1v) is 11.6. The van der Waals surface area contributed by atoms with Gasteiger partial charge in [-0.3, -0.25) is 4.79 Å². The van der Waals surface area contributed by atoms with E-state index in [0.29, 0.717) is 42.7 Å². The van der Waals surface area contributed by atoms with E-state index in [0.717, 1.165) is 16.9 Å². The molecule has 168 valence electrons. The number of anilines is 5. The lowest BCUT2D eigenvalue weighted by atomic mass is 10.2. The average molecular weight is 548 g/mol. The minimum absolute atomic E-state index is 0.283. The zero-order valence-electron chi connectivity index (χ0n) is 17.4. The molecule has 4 aromatic rings. The Balaban J connectivity index is 1.49. The number of carbonyl (C=O) groups is 1. The van der Waals surface area contributed by atoms with Crippen molar-refractivity contribution in [3.63, 3.8) is 0 Å². The standard InChI is InChI=1S/C22H17BrClFN6OS/c1-11-4-3-5-14(24)20(11)31-21(32)17-10-26-22(33-17)30-19-9-18(27-12(2)28-19)29-16-7-6-13(23)8-15(16)25/h3-10H,1-2H3,(H,31,32)(H2,26,27,28,29,30). The maximum Gasteiger partial charge on any atom is 0.267 e. The SMILES string of the molecule is Cc1nc(Nc2ncc(C(=O)Nc3c(C)cccc3Cl)s2)cc(Nc2ccc(Br)cc2F)n1. The molecule has 11 heteroatoms. The third kappa shape index (κ3) is 5.65. The molecule has 7 nitrogen and oxygen atoms in total. The molecule has 2 aromatic carbocycles. The van der Waals surface area contributed by atoms with Gasteiger partial charge in [-0.25, -0.2) is 19.3 Å². The number of thiazole rings is 1. The molecule has 0 fully saturated rings. The van der Waals surface area contributed by atoms with Crippen molar-refractivity contribution < 1.29 is 9.18 Å². The summed E-state index contributed by atoms with van der Waals surface area (Å²) in [5.41, 5.74) is 1.71. The number of benzene rings is 2. The summed E-state index contributed by atoms with van der Waals surface area (Å²) < 4.78 is 14.8. The quantitative estimate of drug-likeness (QED) is 0.245. The third-order valence-corrected chi connectivity index (χ3v) is 6.18. The van der Waals surface area contributed by atoms with Gasteiger partial charge >= 0.3 is 0 Å². The van der Waals surface area contributed by atoms with Crippen molar-refractivity contribution in [3.8, 4) is 0 Å². The van der Waals surface area contributed by atoms with E-state index in [-0.39, 0.29) is 11.6 Å². The number of aryl methyl sites for hydroxylation is 2. The fourth-order valence-corrected chi connectivity index (χ4v) is 4.26. The predicted octanol–water partition coefficient (Wildman–Crippen LogP) is 6.84. The van der Waals surface area contributed by atoms with Gasteiger partial charge in [-0.05, 0) is 43.7 Å². The Labute approximate surface area is 206 Å². The highest BCUT2D eigenvalue weighted by atomic mass is 79.9. The Morgan fingerprint density at radius 1 is 1.09 bits per heavy atom. The molecule has 33 heavy (non-hydrogen) atoms. The van der Waals surface area contributed by atoms with Crippen molar-refractivity contribution in [2.75, 3.05) is 16.0 Å². The van der Waals surface area contributed by atoms with Crippen LogP contribution in [0.4, 0.5) is 32.5 Å². The molecule has 3 N–H and O–H groups in total. The average Bonchev–Trinajstić information content (AvgIpc) is 3.21. The van der Waals surface area contributed by atoms with Crippen LogP contribution in [0.2, 0.25) is 5.02 Å². The smallest absolute Gasteiger partial charge is 0.267 e. The lowest BCUT2D eigenvalue weighted by Gasteiger charge is -2.10. The van der Waals surface area contributed by atoms with Crippen molar-refractivity contribution in [1.29, 1.82) is 0 Å². The maximum atomic E-state index is 14.2. The Morgan fingerprint density at radius 2 is 1.85 bits per heavy atom. The third-order valence-electron chi connectivity index (χ3n) is 4.46. The molecule has 0 aliphatic carbocycles. The Hall–Kier alpha value is -3.08. The number of hydrogen-bond acceptors (Lipinski definition) is 7. The zero-order valence-corrected chi connectivity index (χ0v) is 20.6. The second kappa shape index (κ2) is 9.82. The highest BCUT2D eigenvalue weighted by Gasteiger charge is 2.15. The molecule has 0 spiro atoms. The lowest BCUT2D eigenvalue weighted by molar-refractivity contribution is 0.103. The number of carbonyl (C=O) groups excluding carboxylic acids is 1. The maximum absolute atomic E-state index is 14.2. The van der Waals surface area contributed by atoms with Gasteiger partial charge in [0.25, 0.3) is 5.91 Å². The highest BCUT2D eigenvalue weighted by Crippen LogP contribution is 2.29. The van der Waals surface area contributed by atoms with Gasteiger partial charge < -0.3 is 16.0 Å². The van der Waals surface area contributed by atoms with Crippen LogP contribution in [0.5, 0.6) is 0 Å². The molecule has 0 saturated heterocycles. The molecule has 1 amide bonds. The number of halogens is 3. The van der Waals surface area contributed by atoms with E-state index < -0.39 is 5.82 Å². The molecule has 0 unspecified atom stereocenters. The second-order valence-electron chi connectivity index (χ2n) is 6.98. The first-order valence-electron chi connectivity index (χ1n) is 9.65. The topological polar surface area (TPSA) is 91.8 Å². The number of aromatic nitrogens is 3. The van der Waals surface area contributed by atoms with Crippen LogP contribution >= 0.6 is 38.9 Å². The van der Waals surface area contributed by atoms with E-state index in [1.165, 1.54) is 12.3 Å². The van der Waals surface area contributed by atoms with Crippen molar-refractivity contribution >= 4 is 72.9 Å². The largest absolute Gasteiger partial charge is 0.338 e. The first-order chi connectivity index (χ1) is 15.8. The monoisotopic (exact) mass is 546 g/mol. The van der Waals surface area contributed by atoms with Gasteiger partial charge in [-0.1, -0.05) is 51.0 Å². The van der Waals surface area contributed by atoms with Crippen molar-refractivity contribution in [2.24, 2.45) is 0 Å². The van der Waals surface area contributed by atoms with E-state index >= 15 is 0 Å². The van der Waals surface area contributed by atoms with Gasteiger partial charge in [-0.2, -0.15) is 0 Å². The van der Waals surface area contributed by atoms with Crippen LogP contribution in [0.25, 0.3) is 0 Å².